The van der Waals surface area contributed by atoms with Crippen molar-refractivity contribution < 1.29 is 9.21 Å². The van der Waals surface area contributed by atoms with E-state index in [9.17, 15) is 4.79 Å². The highest BCUT2D eigenvalue weighted by atomic mass is 32.1. The predicted octanol–water partition coefficient (Wildman–Crippen LogP) is 4.27. The third kappa shape index (κ3) is 4.66. The third-order valence-corrected chi connectivity index (χ3v) is 5.68. The Morgan fingerprint density at radius 3 is 2.75 bits per heavy atom. The molecule has 1 aliphatic heterocycles. The van der Waals surface area contributed by atoms with Crippen LogP contribution < -0.4 is 5.32 Å². The Balaban J connectivity index is 1.35. The molecule has 0 saturated carbocycles. The Morgan fingerprint density at radius 2 is 1.96 bits per heavy atom. The van der Waals surface area contributed by atoms with Gasteiger partial charge in [-0.25, -0.2) is 9.97 Å². The SMILES string of the molecule is Cc1oc(-c2ccccc2)nc1CC(=O)Nc1nc(CN2CCCCC2)cs1. The highest BCUT2D eigenvalue weighted by Gasteiger charge is 2.16. The van der Waals surface area contributed by atoms with Gasteiger partial charge in [-0.3, -0.25) is 9.69 Å². The minimum Gasteiger partial charge on any atom is -0.441 e. The maximum atomic E-state index is 12.4. The Hall–Kier alpha value is -2.51. The summed E-state index contributed by atoms with van der Waals surface area (Å²) in [5, 5.41) is 5.56. The second-order valence-corrected chi connectivity index (χ2v) is 7.95. The lowest BCUT2D eigenvalue weighted by Gasteiger charge is -2.25. The van der Waals surface area contributed by atoms with Gasteiger partial charge >= 0.3 is 0 Å². The number of carbonyl (C=O) groups is 1. The zero-order chi connectivity index (χ0) is 19.3. The number of nitrogens with one attached hydrogen (secondary N) is 1. The van der Waals surface area contributed by atoms with Gasteiger partial charge in [-0.1, -0.05) is 24.6 Å². The molecule has 146 valence electrons. The highest BCUT2D eigenvalue weighted by Crippen LogP contribution is 2.23. The van der Waals surface area contributed by atoms with Crippen LogP contribution in [0.25, 0.3) is 11.5 Å². The van der Waals surface area contributed by atoms with Crippen molar-refractivity contribution >= 4 is 22.4 Å². The number of aromatic nitrogens is 2. The van der Waals surface area contributed by atoms with Gasteiger partial charge in [0, 0.05) is 17.5 Å². The molecule has 1 aliphatic rings. The van der Waals surface area contributed by atoms with E-state index in [0.29, 0.717) is 22.5 Å². The van der Waals surface area contributed by atoms with E-state index in [1.54, 1.807) is 0 Å². The van der Waals surface area contributed by atoms with E-state index in [1.165, 1.54) is 30.6 Å². The number of amides is 1. The van der Waals surface area contributed by atoms with Crippen LogP contribution >= 0.6 is 11.3 Å². The van der Waals surface area contributed by atoms with Gasteiger partial charge in [0.2, 0.25) is 11.8 Å². The Labute approximate surface area is 168 Å². The fraction of sp³-hybridized carbons (Fsp3) is 0.381. The summed E-state index contributed by atoms with van der Waals surface area (Å²) < 4.78 is 5.73. The van der Waals surface area contributed by atoms with Gasteiger partial charge in [0.05, 0.1) is 17.8 Å². The summed E-state index contributed by atoms with van der Waals surface area (Å²) in [5.74, 6) is 1.08. The van der Waals surface area contributed by atoms with Crippen LogP contribution in [0, 0.1) is 6.92 Å². The van der Waals surface area contributed by atoms with Gasteiger partial charge in [-0.05, 0) is 45.0 Å². The largest absolute Gasteiger partial charge is 0.441 e. The molecule has 1 aromatic carbocycles. The third-order valence-electron chi connectivity index (χ3n) is 4.87. The fourth-order valence-corrected chi connectivity index (χ4v) is 4.11. The molecule has 0 unspecified atom stereocenters. The molecule has 1 fully saturated rings. The van der Waals surface area contributed by atoms with E-state index in [4.69, 9.17) is 4.42 Å². The quantitative estimate of drug-likeness (QED) is 0.674. The minimum atomic E-state index is -0.130. The molecule has 4 rings (SSSR count). The van der Waals surface area contributed by atoms with Crippen molar-refractivity contribution in [2.45, 2.75) is 39.2 Å². The number of hydrogen-bond acceptors (Lipinski definition) is 6. The maximum absolute atomic E-state index is 12.4. The molecular formula is C21H24N4O2S. The fourth-order valence-electron chi connectivity index (χ4n) is 3.40. The van der Waals surface area contributed by atoms with Gasteiger partial charge in [-0.2, -0.15) is 0 Å². The molecular weight excluding hydrogens is 372 g/mol. The van der Waals surface area contributed by atoms with E-state index in [0.717, 1.165) is 30.9 Å². The summed E-state index contributed by atoms with van der Waals surface area (Å²) in [5.41, 5.74) is 2.58. The predicted molar refractivity (Wildman–Crippen MR) is 110 cm³/mol. The first-order chi connectivity index (χ1) is 13.7. The van der Waals surface area contributed by atoms with Crippen LogP contribution in [0.3, 0.4) is 0 Å². The summed E-state index contributed by atoms with van der Waals surface area (Å²) in [6, 6.07) is 9.70. The molecule has 0 atom stereocenters. The van der Waals surface area contributed by atoms with Crippen LogP contribution in [0.4, 0.5) is 5.13 Å². The van der Waals surface area contributed by atoms with Gasteiger partial charge in [0.1, 0.15) is 5.76 Å². The normalized spacial score (nSPS) is 14.9. The molecule has 2 aromatic heterocycles. The number of thiazole rings is 1. The summed E-state index contributed by atoms with van der Waals surface area (Å²) in [7, 11) is 0. The zero-order valence-electron chi connectivity index (χ0n) is 16.0. The molecule has 0 bridgehead atoms. The Kier molecular flexibility index (Phi) is 5.83. The number of piperidine rings is 1. The van der Waals surface area contributed by atoms with Gasteiger partial charge in [0.15, 0.2) is 5.13 Å². The number of oxazole rings is 1. The van der Waals surface area contributed by atoms with Crippen LogP contribution in [0.1, 0.15) is 36.4 Å². The molecule has 1 saturated heterocycles. The summed E-state index contributed by atoms with van der Waals surface area (Å²) in [6.07, 6.45) is 4.01. The first-order valence-corrected chi connectivity index (χ1v) is 10.5. The van der Waals surface area contributed by atoms with Crippen molar-refractivity contribution in [3.8, 4) is 11.5 Å². The van der Waals surface area contributed by atoms with Gasteiger partial charge < -0.3 is 9.73 Å². The van der Waals surface area contributed by atoms with E-state index < -0.39 is 0 Å². The van der Waals surface area contributed by atoms with E-state index in [1.807, 2.05) is 42.6 Å². The monoisotopic (exact) mass is 396 g/mol. The minimum absolute atomic E-state index is 0.130. The molecule has 3 heterocycles. The zero-order valence-corrected chi connectivity index (χ0v) is 16.8. The summed E-state index contributed by atoms with van der Waals surface area (Å²) in [6.45, 7) is 4.96. The highest BCUT2D eigenvalue weighted by molar-refractivity contribution is 7.13. The average Bonchev–Trinajstić information content (AvgIpc) is 3.30. The first-order valence-electron chi connectivity index (χ1n) is 9.66. The first kappa shape index (κ1) is 18.8. The van der Waals surface area contributed by atoms with Crippen LogP contribution in [0.2, 0.25) is 0 Å². The maximum Gasteiger partial charge on any atom is 0.232 e. The number of nitrogens with zero attached hydrogens (tertiary/aromatic N) is 3. The standard InChI is InChI=1S/C21H24N4O2S/c1-15-18(23-20(27-15)16-8-4-2-5-9-16)12-19(26)24-21-22-17(14-28-21)13-25-10-6-3-7-11-25/h2,4-5,8-9,14H,3,6-7,10-13H2,1H3,(H,22,24,26). The van der Waals surface area contributed by atoms with Crippen LogP contribution in [-0.4, -0.2) is 33.9 Å². The molecule has 0 spiro atoms. The second kappa shape index (κ2) is 8.67. The molecule has 7 heteroatoms. The molecule has 6 nitrogen and oxygen atoms in total. The van der Waals surface area contributed by atoms with Crippen molar-refractivity contribution in [2.24, 2.45) is 0 Å². The molecule has 28 heavy (non-hydrogen) atoms. The van der Waals surface area contributed by atoms with Gasteiger partial charge in [-0.15, -0.1) is 11.3 Å². The van der Waals surface area contributed by atoms with Crippen molar-refractivity contribution in [3.63, 3.8) is 0 Å². The number of likely N-dealkylation sites (tertiary alicyclic amines) is 1. The number of hydrogen-bond donors (Lipinski definition) is 1. The second-order valence-electron chi connectivity index (χ2n) is 7.09. The number of rotatable bonds is 6. The Bertz CT molecular complexity index is 929. The van der Waals surface area contributed by atoms with E-state index >= 15 is 0 Å². The Morgan fingerprint density at radius 1 is 1.18 bits per heavy atom. The van der Waals surface area contributed by atoms with Crippen molar-refractivity contribution in [1.29, 1.82) is 0 Å². The van der Waals surface area contributed by atoms with Crippen molar-refractivity contribution in [2.75, 3.05) is 18.4 Å². The van der Waals surface area contributed by atoms with Crippen molar-refractivity contribution in [3.05, 3.63) is 52.9 Å². The lowest BCUT2D eigenvalue weighted by atomic mass is 10.1. The average molecular weight is 397 g/mol. The number of anilines is 1. The summed E-state index contributed by atoms with van der Waals surface area (Å²) >= 11 is 1.47. The smallest absolute Gasteiger partial charge is 0.232 e. The lowest BCUT2D eigenvalue weighted by molar-refractivity contribution is -0.115. The molecule has 1 amide bonds. The molecule has 0 radical (unpaired) electrons. The van der Waals surface area contributed by atoms with E-state index in [2.05, 4.69) is 20.2 Å². The topological polar surface area (TPSA) is 71.3 Å². The lowest BCUT2D eigenvalue weighted by Crippen LogP contribution is -2.29. The summed E-state index contributed by atoms with van der Waals surface area (Å²) in [4.78, 5) is 23.9. The van der Waals surface area contributed by atoms with Crippen LogP contribution in [-0.2, 0) is 17.8 Å². The van der Waals surface area contributed by atoms with Crippen LogP contribution in [0.15, 0.2) is 40.1 Å². The molecule has 3 aromatic rings. The van der Waals surface area contributed by atoms with Crippen LogP contribution in [0.5, 0.6) is 0 Å². The number of carbonyl (C=O) groups excluding carboxylic acids is 1. The number of benzene rings is 1. The molecule has 1 N–H and O–H groups in total. The van der Waals surface area contributed by atoms with Gasteiger partial charge in [0.25, 0.3) is 0 Å². The van der Waals surface area contributed by atoms with Crippen molar-refractivity contribution in [1.82, 2.24) is 14.9 Å². The van der Waals surface area contributed by atoms with E-state index in [-0.39, 0.29) is 12.3 Å². The number of aryl methyl sites for hydroxylation is 1. The molecule has 0 aliphatic carbocycles.